The highest BCUT2D eigenvalue weighted by molar-refractivity contribution is 5.15. The molecule has 0 aliphatic rings. The number of unbranched alkanes of at least 4 members (excludes halogenated alkanes) is 1. The van der Waals surface area contributed by atoms with E-state index in [4.69, 9.17) is 4.74 Å². The van der Waals surface area contributed by atoms with E-state index < -0.39 is 0 Å². The first kappa shape index (κ1) is 12.0. The van der Waals surface area contributed by atoms with Crippen LogP contribution in [0, 0.1) is 0 Å². The Kier molecular flexibility index (Phi) is 6.58. The Balaban J connectivity index is 1.93. The average Bonchev–Trinajstić information content (AvgIpc) is 2.29. The van der Waals surface area contributed by atoms with Crippen LogP contribution in [0.25, 0.3) is 0 Å². The predicted octanol–water partition coefficient (Wildman–Crippen LogP) is 2.24. The van der Waals surface area contributed by atoms with Gasteiger partial charge in [0.1, 0.15) is 5.75 Å². The van der Waals surface area contributed by atoms with E-state index in [-0.39, 0.29) is 0 Å². The van der Waals surface area contributed by atoms with Crippen molar-refractivity contribution in [1.82, 2.24) is 10.3 Å². The highest BCUT2D eigenvalue weighted by Gasteiger charge is 1.92. The molecule has 0 bridgehead atoms. The minimum Gasteiger partial charge on any atom is -0.492 e. The molecule has 0 fully saturated rings. The first-order chi connectivity index (χ1) is 7.43. The summed E-state index contributed by atoms with van der Waals surface area (Å²) in [4.78, 5) is 3.99. The van der Waals surface area contributed by atoms with Crippen LogP contribution in [-0.2, 0) is 0 Å². The fourth-order valence-electron chi connectivity index (χ4n) is 1.28. The number of ether oxygens (including phenoxy) is 1. The Morgan fingerprint density at radius 1 is 1.33 bits per heavy atom. The number of nitrogens with zero attached hydrogens (tertiary/aromatic N) is 1. The third-order valence-electron chi connectivity index (χ3n) is 2.08. The summed E-state index contributed by atoms with van der Waals surface area (Å²) in [7, 11) is 0. The number of aromatic nitrogens is 1. The van der Waals surface area contributed by atoms with Crippen LogP contribution in [0.5, 0.6) is 5.75 Å². The Hall–Kier alpha value is -1.09. The lowest BCUT2D eigenvalue weighted by atomic mass is 10.3. The molecule has 0 aliphatic heterocycles. The molecule has 0 spiro atoms. The normalized spacial score (nSPS) is 10.2. The van der Waals surface area contributed by atoms with Crippen molar-refractivity contribution in [2.45, 2.75) is 26.2 Å². The number of hydrogen-bond donors (Lipinski definition) is 1. The topological polar surface area (TPSA) is 34.1 Å². The largest absolute Gasteiger partial charge is 0.492 e. The minimum atomic E-state index is 0.777. The molecule has 0 atom stereocenters. The highest BCUT2D eigenvalue weighted by Crippen LogP contribution is 2.06. The Labute approximate surface area is 91.9 Å². The van der Waals surface area contributed by atoms with E-state index >= 15 is 0 Å². The molecule has 3 heteroatoms. The molecule has 15 heavy (non-hydrogen) atoms. The summed E-state index contributed by atoms with van der Waals surface area (Å²) in [6.07, 6.45) is 6.95. The van der Waals surface area contributed by atoms with Gasteiger partial charge in [0.05, 0.1) is 12.8 Å². The molecule has 1 N–H and O–H groups in total. The second-order valence-corrected chi connectivity index (χ2v) is 3.49. The molecule has 3 nitrogen and oxygen atoms in total. The Bertz CT molecular complexity index is 239. The molecule has 1 heterocycles. The summed E-state index contributed by atoms with van der Waals surface area (Å²) in [5.41, 5.74) is 0. The first-order valence-electron chi connectivity index (χ1n) is 5.67. The van der Waals surface area contributed by atoms with Gasteiger partial charge in [0, 0.05) is 6.20 Å². The molecule has 0 amide bonds. The summed E-state index contributed by atoms with van der Waals surface area (Å²) < 4.78 is 5.52. The van der Waals surface area contributed by atoms with Crippen molar-refractivity contribution in [2.75, 3.05) is 19.7 Å². The van der Waals surface area contributed by atoms with Crippen molar-refractivity contribution in [3.05, 3.63) is 24.5 Å². The van der Waals surface area contributed by atoms with Crippen LogP contribution in [0.2, 0.25) is 0 Å². The summed E-state index contributed by atoms with van der Waals surface area (Å²) >= 11 is 0. The van der Waals surface area contributed by atoms with Crippen LogP contribution >= 0.6 is 0 Å². The number of hydrogen-bond acceptors (Lipinski definition) is 3. The van der Waals surface area contributed by atoms with Gasteiger partial charge >= 0.3 is 0 Å². The van der Waals surface area contributed by atoms with E-state index in [1.165, 1.54) is 12.8 Å². The lowest BCUT2D eigenvalue weighted by molar-refractivity contribution is 0.304. The molecule has 84 valence electrons. The Morgan fingerprint density at radius 2 is 2.27 bits per heavy atom. The van der Waals surface area contributed by atoms with Crippen molar-refractivity contribution in [2.24, 2.45) is 0 Å². The maximum atomic E-state index is 5.52. The fraction of sp³-hybridized carbons (Fsp3) is 0.583. The quantitative estimate of drug-likeness (QED) is 0.665. The van der Waals surface area contributed by atoms with Crippen LogP contribution in [0.3, 0.4) is 0 Å². The van der Waals surface area contributed by atoms with Gasteiger partial charge in [0.2, 0.25) is 0 Å². The van der Waals surface area contributed by atoms with Crippen molar-refractivity contribution < 1.29 is 4.74 Å². The van der Waals surface area contributed by atoms with Crippen LogP contribution in [0.1, 0.15) is 26.2 Å². The summed E-state index contributed by atoms with van der Waals surface area (Å²) in [6.45, 7) is 5.16. The summed E-state index contributed by atoms with van der Waals surface area (Å²) in [6, 6.07) is 3.82. The molecule has 0 saturated heterocycles. The van der Waals surface area contributed by atoms with Crippen molar-refractivity contribution in [3.8, 4) is 5.75 Å². The number of nitrogens with one attached hydrogen (secondary N) is 1. The van der Waals surface area contributed by atoms with Gasteiger partial charge in [-0.05, 0) is 44.5 Å². The maximum absolute atomic E-state index is 5.52. The van der Waals surface area contributed by atoms with Gasteiger partial charge < -0.3 is 10.1 Å². The molecule has 0 saturated carbocycles. The minimum absolute atomic E-state index is 0.777. The van der Waals surface area contributed by atoms with E-state index in [1.807, 2.05) is 12.1 Å². The van der Waals surface area contributed by atoms with E-state index in [1.54, 1.807) is 12.4 Å². The monoisotopic (exact) mass is 208 g/mol. The smallest absolute Gasteiger partial charge is 0.137 e. The van der Waals surface area contributed by atoms with Gasteiger partial charge in [-0.3, -0.25) is 4.98 Å². The van der Waals surface area contributed by atoms with Gasteiger partial charge in [-0.15, -0.1) is 0 Å². The van der Waals surface area contributed by atoms with E-state index in [9.17, 15) is 0 Å². The highest BCUT2D eigenvalue weighted by atomic mass is 16.5. The molecular formula is C12H20N2O. The second-order valence-electron chi connectivity index (χ2n) is 3.49. The van der Waals surface area contributed by atoms with E-state index in [2.05, 4.69) is 17.2 Å². The zero-order valence-corrected chi connectivity index (χ0v) is 9.41. The standard InChI is InChI=1S/C12H20N2O/c1-2-7-13-8-3-4-10-15-12-6-5-9-14-11-12/h5-6,9,11,13H,2-4,7-8,10H2,1H3. The third kappa shape index (κ3) is 6.07. The molecule has 0 unspecified atom stereocenters. The molecule has 0 aliphatic carbocycles. The van der Waals surface area contributed by atoms with Crippen LogP contribution in [0.4, 0.5) is 0 Å². The molecule has 1 rings (SSSR count). The zero-order valence-electron chi connectivity index (χ0n) is 9.41. The van der Waals surface area contributed by atoms with Crippen LogP contribution in [-0.4, -0.2) is 24.7 Å². The molecule has 1 aromatic heterocycles. The lowest BCUT2D eigenvalue weighted by Crippen LogP contribution is -2.16. The van der Waals surface area contributed by atoms with Gasteiger partial charge in [-0.1, -0.05) is 6.92 Å². The molecule has 0 radical (unpaired) electrons. The fourth-order valence-corrected chi connectivity index (χ4v) is 1.28. The molecular weight excluding hydrogens is 188 g/mol. The summed E-state index contributed by atoms with van der Waals surface area (Å²) in [5.74, 6) is 0.860. The van der Waals surface area contributed by atoms with Gasteiger partial charge in [0.15, 0.2) is 0 Å². The van der Waals surface area contributed by atoms with Crippen molar-refractivity contribution in [3.63, 3.8) is 0 Å². The van der Waals surface area contributed by atoms with Gasteiger partial charge in [-0.2, -0.15) is 0 Å². The van der Waals surface area contributed by atoms with Gasteiger partial charge in [0.25, 0.3) is 0 Å². The van der Waals surface area contributed by atoms with Crippen molar-refractivity contribution >= 4 is 0 Å². The zero-order chi connectivity index (χ0) is 10.8. The average molecular weight is 208 g/mol. The van der Waals surface area contributed by atoms with Crippen molar-refractivity contribution in [1.29, 1.82) is 0 Å². The summed E-state index contributed by atoms with van der Waals surface area (Å²) in [5, 5.41) is 3.37. The predicted molar refractivity (Wildman–Crippen MR) is 62.1 cm³/mol. The van der Waals surface area contributed by atoms with Gasteiger partial charge in [-0.25, -0.2) is 0 Å². The maximum Gasteiger partial charge on any atom is 0.137 e. The van der Waals surface area contributed by atoms with Crippen LogP contribution in [0.15, 0.2) is 24.5 Å². The first-order valence-corrected chi connectivity index (χ1v) is 5.67. The van der Waals surface area contributed by atoms with E-state index in [0.717, 1.165) is 31.9 Å². The van der Waals surface area contributed by atoms with Crippen LogP contribution < -0.4 is 10.1 Å². The molecule has 1 aromatic rings. The number of pyridine rings is 1. The Morgan fingerprint density at radius 3 is 3.00 bits per heavy atom. The molecule has 0 aromatic carbocycles. The number of rotatable bonds is 8. The lowest BCUT2D eigenvalue weighted by Gasteiger charge is -2.05. The second kappa shape index (κ2) is 8.24. The third-order valence-corrected chi connectivity index (χ3v) is 2.08. The SMILES string of the molecule is CCCNCCCCOc1cccnc1. The van der Waals surface area contributed by atoms with E-state index in [0.29, 0.717) is 0 Å².